The largest absolute Gasteiger partial charge is 0.383 e. The highest BCUT2D eigenvalue weighted by Crippen LogP contribution is 2.64. The number of nitrogens with two attached hydrogens (primary N) is 1. The first-order valence-corrected chi connectivity index (χ1v) is 11.7. The topological polar surface area (TPSA) is 83.8 Å². The van der Waals surface area contributed by atoms with Crippen LogP contribution in [-0.2, 0) is 0 Å². The third-order valence-corrected chi connectivity index (χ3v) is 7.45. The van der Waals surface area contributed by atoms with Crippen LogP contribution in [0.2, 0.25) is 0 Å². The number of fused-ring (bicyclic) bond motifs is 1. The molecule has 1 spiro atoms. The van der Waals surface area contributed by atoms with E-state index in [0.717, 1.165) is 49.5 Å². The molecule has 7 nitrogen and oxygen atoms in total. The van der Waals surface area contributed by atoms with Gasteiger partial charge in [0, 0.05) is 36.7 Å². The van der Waals surface area contributed by atoms with E-state index in [4.69, 9.17) is 10.7 Å². The number of aromatic nitrogens is 3. The SMILES string of the molecule is C=CNC=NCC1CCN(c2cc(N)n3ncc(C4=CC5CC56C=CC=CC6=C4)c3n2)CC1. The molecule has 1 saturated carbocycles. The lowest BCUT2D eigenvalue weighted by atomic mass is 9.83. The van der Waals surface area contributed by atoms with Crippen LogP contribution in [-0.4, -0.2) is 40.6 Å². The number of nitrogen functional groups attached to an aromatic ring is 1. The second-order valence-electron chi connectivity index (χ2n) is 9.42. The van der Waals surface area contributed by atoms with Gasteiger partial charge in [0.2, 0.25) is 0 Å². The Labute approximate surface area is 193 Å². The number of rotatable bonds is 6. The summed E-state index contributed by atoms with van der Waals surface area (Å²) in [6, 6.07) is 1.95. The van der Waals surface area contributed by atoms with E-state index in [9.17, 15) is 0 Å². The van der Waals surface area contributed by atoms with Gasteiger partial charge in [0.05, 0.1) is 12.5 Å². The molecule has 6 rings (SSSR count). The number of hydrogen-bond donors (Lipinski definition) is 2. The maximum absolute atomic E-state index is 6.41. The number of hydrogen-bond acceptors (Lipinski definition) is 5. The van der Waals surface area contributed by atoms with Gasteiger partial charge in [0.25, 0.3) is 0 Å². The van der Waals surface area contributed by atoms with Crippen molar-refractivity contribution in [3.8, 4) is 0 Å². The Kier molecular flexibility index (Phi) is 4.71. The maximum atomic E-state index is 6.41. The molecular weight excluding hydrogens is 410 g/mol. The fourth-order valence-electron chi connectivity index (χ4n) is 5.45. The van der Waals surface area contributed by atoms with Gasteiger partial charge in [-0.1, -0.05) is 43.0 Å². The van der Waals surface area contributed by atoms with Crippen molar-refractivity contribution in [1.82, 2.24) is 19.9 Å². The Morgan fingerprint density at radius 3 is 3.03 bits per heavy atom. The fourth-order valence-corrected chi connectivity index (χ4v) is 5.45. The van der Waals surface area contributed by atoms with Gasteiger partial charge in [0.1, 0.15) is 11.6 Å². The van der Waals surface area contributed by atoms with E-state index in [1.54, 1.807) is 17.1 Å². The highest BCUT2D eigenvalue weighted by molar-refractivity contribution is 5.86. The quantitative estimate of drug-likeness (QED) is 0.529. The summed E-state index contributed by atoms with van der Waals surface area (Å²) in [6.45, 7) is 6.37. The Morgan fingerprint density at radius 1 is 1.30 bits per heavy atom. The van der Waals surface area contributed by atoms with E-state index in [0.29, 0.717) is 17.7 Å². The van der Waals surface area contributed by atoms with Crippen LogP contribution in [0.4, 0.5) is 11.6 Å². The Bertz CT molecular complexity index is 1250. The zero-order chi connectivity index (χ0) is 22.4. The molecular formula is C26H29N7. The van der Waals surface area contributed by atoms with Crippen molar-refractivity contribution in [2.75, 3.05) is 30.3 Å². The van der Waals surface area contributed by atoms with E-state index in [1.807, 2.05) is 12.3 Å². The third-order valence-electron chi connectivity index (χ3n) is 7.45. The van der Waals surface area contributed by atoms with E-state index < -0.39 is 0 Å². The number of piperidine rings is 1. The first-order valence-electron chi connectivity index (χ1n) is 11.7. The predicted molar refractivity (Wildman–Crippen MR) is 134 cm³/mol. The highest BCUT2D eigenvalue weighted by Gasteiger charge is 2.54. The third kappa shape index (κ3) is 3.39. The normalized spacial score (nSPS) is 26.2. The van der Waals surface area contributed by atoms with Crippen LogP contribution in [0.1, 0.15) is 24.8 Å². The minimum absolute atomic E-state index is 0.231. The zero-order valence-electron chi connectivity index (χ0n) is 18.7. The molecule has 2 fully saturated rings. The van der Waals surface area contributed by atoms with Gasteiger partial charge < -0.3 is 16.0 Å². The lowest BCUT2D eigenvalue weighted by Gasteiger charge is -2.32. The monoisotopic (exact) mass is 439 g/mol. The van der Waals surface area contributed by atoms with Crippen LogP contribution in [0.3, 0.4) is 0 Å². The minimum atomic E-state index is 0.231. The number of anilines is 2. The summed E-state index contributed by atoms with van der Waals surface area (Å²) in [5.41, 5.74) is 11.1. The van der Waals surface area contributed by atoms with Crippen molar-refractivity contribution in [2.45, 2.75) is 19.3 Å². The molecule has 3 N–H and O–H groups in total. The van der Waals surface area contributed by atoms with Gasteiger partial charge in [-0.3, -0.25) is 4.99 Å². The molecule has 0 radical (unpaired) electrons. The van der Waals surface area contributed by atoms with E-state index in [1.165, 1.54) is 17.6 Å². The van der Waals surface area contributed by atoms with Crippen LogP contribution >= 0.6 is 0 Å². The van der Waals surface area contributed by atoms with Crippen LogP contribution < -0.4 is 16.0 Å². The molecule has 3 heterocycles. The van der Waals surface area contributed by atoms with Crippen LogP contribution in [0.15, 0.2) is 72.1 Å². The molecule has 0 amide bonds. The minimum Gasteiger partial charge on any atom is -0.383 e. The van der Waals surface area contributed by atoms with Gasteiger partial charge in [-0.05, 0) is 48.4 Å². The average Bonchev–Trinajstić information content (AvgIpc) is 3.38. The highest BCUT2D eigenvalue weighted by atomic mass is 15.3. The number of nitrogens with zero attached hydrogens (tertiary/aromatic N) is 5. The molecule has 33 heavy (non-hydrogen) atoms. The molecule has 3 aliphatic carbocycles. The Hall–Kier alpha value is -3.61. The lowest BCUT2D eigenvalue weighted by molar-refractivity contribution is 0.414. The molecule has 168 valence electrons. The standard InChI is InChI=1S/C26H29N7/c1-2-28-17-29-15-18-6-9-32(10-7-18)24-13-23(27)33-25(31-24)22(16-30-33)19-11-20-5-3-4-8-26(20)14-21(26)12-19/h2-5,8,11-13,16-18,21H,1,6-7,9-10,14-15,27H2,(H,28,29). The molecule has 4 aliphatic rings. The van der Waals surface area contributed by atoms with E-state index in [-0.39, 0.29) is 5.41 Å². The summed E-state index contributed by atoms with van der Waals surface area (Å²) in [7, 11) is 0. The summed E-state index contributed by atoms with van der Waals surface area (Å²) in [5.74, 6) is 2.70. The Balaban J connectivity index is 1.25. The van der Waals surface area contributed by atoms with Crippen molar-refractivity contribution in [2.24, 2.45) is 22.2 Å². The molecule has 1 saturated heterocycles. The lowest BCUT2D eigenvalue weighted by Crippen LogP contribution is -2.35. The molecule has 2 unspecified atom stereocenters. The molecule has 2 aromatic rings. The summed E-state index contributed by atoms with van der Waals surface area (Å²) in [6.07, 6.45) is 22.2. The predicted octanol–water partition coefficient (Wildman–Crippen LogP) is 3.75. The molecule has 2 aromatic heterocycles. The van der Waals surface area contributed by atoms with Gasteiger partial charge in [-0.15, -0.1) is 0 Å². The molecule has 1 aliphatic heterocycles. The maximum Gasteiger partial charge on any atom is 0.167 e. The first-order chi connectivity index (χ1) is 16.2. The Morgan fingerprint density at radius 2 is 2.18 bits per heavy atom. The van der Waals surface area contributed by atoms with Crippen molar-refractivity contribution in [3.05, 3.63) is 72.6 Å². The van der Waals surface area contributed by atoms with Crippen molar-refractivity contribution in [3.63, 3.8) is 0 Å². The molecule has 0 bridgehead atoms. The van der Waals surface area contributed by atoms with Crippen LogP contribution in [0, 0.1) is 17.3 Å². The van der Waals surface area contributed by atoms with Gasteiger partial charge in [-0.25, -0.2) is 4.98 Å². The van der Waals surface area contributed by atoms with Crippen molar-refractivity contribution < 1.29 is 0 Å². The number of nitrogens with one attached hydrogen (secondary N) is 1. The molecule has 2 atom stereocenters. The second-order valence-corrected chi connectivity index (χ2v) is 9.42. The zero-order valence-corrected chi connectivity index (χ0v) is 18.7. The average molecular weight is 440 g/mol. The smallest absolute Gasteiger partial charge is 0.167 e. The summed E-state index contributed by atoms with van der Waals surface area (Å²) >= 11 is 0. The first kappa shape index (κ1) is 20.0. The van der Waals surface area contributed by atoms with Crippen LogP contribution in [0.5, 0.6) is 0 Å². The van der Waals surface area contributed by atoms with E-state index >= 15 is 0 Å². The second kappa shape index (κ2) is 7.76. The van der Waals surface area contributed by atoms with Crippen LogP contribution in [0.25, 0.3) is 11.2 Å². The van der Waals surface area contributed by atoms with E-state index in [2.05, 4.69) is 63.3 Å². The molecule has 7 heteroatoms. The number of allylic oxidation sites excluding steroid dienone is 8. The van der Waals surface area contributed by atoms with Crippen molar-refractivity contribution in [1.29, 1.82) is 0 Å². The summed E-state index contributed by atoms with van der Waals surface area (Å²) in [4.78, 5) is 11.8. The number of aliphatic imine (C=N–C) groups is 1. The van der Waals surface area contributed by atoms with Gasteiger partial charge >= 0.3 is 0 Å². The van der Waals surface area contributed by atoms with Gasteiger partial charge in [-0.2, -0.15) is 9.61 Å². The summed E-state index contributed by atoms with van der Waals surface area (Å²) in [5, 5.41) is 7.47. The fraction of sp³-hybridized carbons (Fsp3) is 0.346. The summed E-state index contributed by atoms with van der Waals surface area (Å²) < 4.78 is 1.76. The van der Waals surface area contributed by atoms with Gasteiger partial charge in [0.15, 0.2) is 5.65 Å². The molecule has 0 aromatic carbocycles. The van der Waals surface area contributed by atoms with Crippen molar-refractivity contribution >= 4 is 29.2 Å².